The first-order chi connectivity index (χ1) is 8.35. The van der Waals surface area contributed by atoms with Crippen LogP contribution in [0.15, 0.2) is 0 Å². The van der Waals surface area contributed by atoms with Crippen molar-refractivity contribution in [1.82, 2.24) is 10.2 Å². The number of nitrogens with one attached hydrogen (secondary N) is 1. The molecule has 0 aromatic carbocycles. The molecule has 2 heterocycles. The van der Waals surface area contributed by atoms with Gasteiger partial charge in [-0.3, -0.25) is 4.90 Å². The minimum Gasteiger partial charge on any atom is -0.381 e. The maximum atomic E-state index is 5.96. The van der Waals surface area contributed by atoms with E-state index in [1.165, 1.54) is 12.8 Å². The van der Waals surface area contributed by atoms with E-state index >= 15 is 0 Å². The lowest BCUT2D eigenvalue weighted by Crippen LogP contribution is -2.55. The molecule has 4 heteroatoms. The van der Waals surface area contributed by atoms with Gasteiger partial charge in [-0.05, 0) is 26.4 Å². The highest BCUT2D eigenvalue weighted by Crippen LogP contribution is 2.22. The standard InChI is InChI=1S/C13H26N2O2/c1-3-15-6-8-17-12(9-15)13(14-2)11-5-4-7-16-10-11/h11-14H,3-10H2,1-2H3. The highest BCUT2D eigenvalue weighted by atomic mass is 16.5. The van der Waals surface area contributed by atoms with Crippen LogP contribution < -0.4 is 5.32 Å². The minimum absolute atomic E-state index is 0.320. The highest BCUT2D eigenvalue weighted by Gasteiger charge is 2.33. The first kappa shape index (κ1) is 13.3. The number of hydrogen-bond acceptors (Lipinski definition) is 4. The van der Waals surface area contributed by atoms with E-state index in [2.05, 4.69) is 17.1 Å². The van der Waals surface area contributed by atoms with E-state index in [4.69, 9.17) is 9.47 Å². The third kappa shape index (κ3) is 3.41. The smallest absolute Gasteiger partial charge is 0.0858 e. The fraction of sp³-hybridized carbons (Fsp3) is 1.00. The predicted octanol–water partition coefficient (Wildman–Crippen LogP) is 0.722. The molecule has 0 spiro atoms. The molecule has 2 aliphatic heterocycles. The summed E-state index contributed by atoms with van der Waals surface area (Å²) in [7, 11) is 2.05. The maximum Gasteiger partial charge on any atom is 0.0858 e. The van der Waals surface area contributed by atoms with Crippen molar-refractivity contribution in [2.45, 2.75) is 31.9 Å². The van der Waals surface area contributed by atoms with E-state index in [0.717, 1.165) is 39.5 Å². The van der Waals surface area contributed by atoms with Gasteiger partial charge in [0.2, 0.25) is 0 Å². The van der Waals surface area contributed by atoms with Gasteiger partial charge in [-0.1, -0.05) is 6.92 Å². The van der Waals surface area contributed by atoms with Crippen molar-refractivity contribution >= 4 is 0 Å². The molecule has 0 bridgehead atoms. The summed E-state index contributed by atoms with van der Waals surface area (Å²) in [6, 6.07) is 0.435. The SMILES string of the molecule is CCN1CCOC(C(NC)C2CCCOC2)C1. The average molecular weight is 242 g/mol. The Morgan fingerprint density at radius 2 is 2.29 bits per heavy atom. The van der Waals surface area contributed by atoms with Crippen molar-refractivity contribution in [1.29, 1.82) is 0 Å². The van der Waals surface area contributed by atoms with Crippen LogP contribution in [0.1, 0.15) is 19.8 Å². The lowest BCUT2D eigenvalue weighted by Gasteiger charge is -2.40. The molecule has 0 aromatic heterocycles. The second-order valence-corrected chi connectivity index (χ2v) is 5.09. The summed E-state index contributed by atoms with van der Waals surface area (Å²) in [5.74, 6) is 0.607. The van der Waals surface area contributed by atoms with Gasteiger partial charge in [-0.2, -0.15) is 0 Å². The Bertz CT molecular complexity index is 219. The summed E-state index contributed by atoms with van der Waals surface area (Å²) in [4.78, 5) is 2.47. The Balaban J connectivity index is 1.91. The van der Waals surface area contributed by atoms with Gasteiger partial charge in [-0.15, -0.1) is 0 Å². The first-order valence-corrected chi connectivity index (χ1v) is 6.94. The van der Waals surface area contributed by atoms with Crippen LogP contribution in [0.5, 0.6) is 0 Å². The van der Waals surface area contributed by atoms with Gasteiger partial charge in [-0.25, -0.2) is 0 Å². The molecule has 0 aliphatic carbocycles. The summed E-state index contributed by atoms with van der Waals surface area (Å²) < 4.78 is 11.6. The van der Waals surface area contributed by atoms with Gasteiger partial charge in [0.1, 0.15) is 0 Å². The number of morpholine rings is 1. The quantitative estimate of drug-likeness (QED) is 0.788. The number of likely N-dealkylation sites (N-methyl/N-ethyl adjacent to an activating group) is 2. The Kier molecular flexibility index (Phi) is 5.22. The number of ether oxygens (including phenoxy) is 2. The van der Waals surface area contributed by atoms with Crippen molar-refractivity contribution in [2.24, 2.45) is 5.92 Å². The molecule has 100 valence electrons. The summed E-state index contributed by atoms with van der Waals surface area (Å²) >= 11 is 0. The fourth-order valence-corrected chi connectivity index (χ4v) is 3.01. The van der Waals surface area contributed by atoms with E-state index in [9.17, 15) is 0 Å². The molecule has 3 atom stereocenters. The summed E-state index contributed by atoms with van der Waals surface area (Å²) in [6.45, 7) is 8.16. The van der Waals surface area contributed by atoms with Crippen molar-refractivity contribution in [3.63, 3.8) is 0 Å². The molecule has 0 radical (unpaired) electrons. The largest absolute Gasteiger partial charge is 0.381 e. The lowest BCUT2D eigenvalue weighted by molar-refractivity contribution is -0.0695. The van der Waals surface area contributed by atoms with Gasteiger partial charge in [0.05, 0.1) is 19.3 Å². The van der Waals surface area contributed by atoms with Crippen molar-refractivity contribution < 1.29 is 9.47 Å². The van der Waals surface area contributed by atoms with E-state index in [-0.39, 0.29) is 0 Å². The summed E-state index contributed by atoms with van der Waals surface area (Å²) in [5, 5.41) is 3.45. The summed E-state index contributed by atoms with van der Waals surface area (Å²) in [6.07, 6.45) is 2.77. The molecular weight excluding hydrogens is 216 g/mol. The van der Waals surface area contributed by atoms with Crippen LogP contribution in [0.4, 0.5) is 0 Å². The van der Waals surface area contributed by atoms with E-state index < -0.39 is 0 Å². The van der Waals surface area contributed by atoms with E-state index in [0.29, 0.717) is 18.1 Å². The molecule has 0 amide bonds. The van der Waals surface area contributed by atoms with Crippen LogP contribution >= 0.6 is 0 Å². The van der Waals surface area contributed by atoms with Crippen molar-refractivity contribution in [3.8, 4) is 0 Å². The molecule has 2 aliphatic rings. The Hall–Kier alpha value is -0.160. The average Bonchev–Trinajstić information content (AvgIpc) is 2.41. The molecular formula is C13H26N2O2. The third-order valence-corrected chi connectivity index (χ3v) is 4.06. The van der Waals surface area contributed by atoms with Crippen LogP contribution in [-0.4, -0.2) is 63.5 Å². The number of hydrogen-bond donors (Lipinski definition) is 1. The van der Waals surface area contributed by atoms with Crippen molar-refractivity contribution in [2.75, 3.05) is 46.5 Å². The predicted molar refractivity (Wildman–Crippen MR) is 68.2 cm³/mol. The molecule has 17 heavy (non-hydrogen) atoms. The fourth-order valence-electron chi connectivity index (χ4n) is 3.01. The molecule has 2 fully saturated rings. The molecule has 1 N–H and O–H groups in total. The van der Waals surface area contributed by atoms with Crippen LogP contribution in [0.25, 0.3) is 0 Å². The molecule has 4 nitrogen and oxygen atoms in total. The highest BCUT2D eigenvalue weighted by molar-refractivity contribution is 4.88. The van der Waals surface area contributed by atoms with Gasteiger partial charge in [0.25, 0.3) is 0 Å². The molecule has 2 saturated heterocycles. The zero-order valence-corrected chi connectivity index (χ0v) is 11.2. The molecule has 0 saturated carbocycles. The minimum atomic E-state index is 0.320. The Morgan fingerprint density at radius 1 is 1.41 bits per heavy atom. The van der Waals surface area contributed by atoms with Crippen LogP contribution in [0.2, 0.25) is 0 Å². The summed E-state index contributed by atoms with van der Waals surface area (Å²) in [5.41, 5.74) is 0. The second kappa shape index (κ2) is 6.69. The third-order valence-electron chi connectivity index (χ3n) is 4.06. The van der Waals surface area contributed by atoms with Gasteiger partial charge < -0.3 is 14.8 Å². The number of nitrogens with zero attached hydrogens (tertiary/aromatic N) is 1. The second-order valence-electron chi connectivity index (χ2n) is 5.09. The van der Waals surface area contributed by atoms with Gasteiger partial charge in [0, 0.05) is 31.7 Å². The zero-order chi connectivity index (χ0) is 12.1. The zero-order valence-electron chi connectivity index (χ0n) is 11.2. The lowest BCUT2D eigenvalue weighted by atomic mass is 9.89. The van der Waals surface area contributed by atoms with Crippen molar-refractivity contribution in [3.05, 3.63) is 0 Å². The van der Waals surface area contributed by atoms with Crippen LogP contribution in [0, 0.1) is 5.92 Å². The van der Waals surface area contributed by atoms with E-state index in [1.807, 2.05) is 7.05 Å². The number of rotatable bonds is 4. The Labute approximate surface area is 105 Å². The first-order valence-electron chi connectivity index (χ1n) is 6.94. The van der Waals surface area contributed by atoms with Crippen LogP contribution in [0.3, 0.4) is 0 Å². The van der Waals surface area contributed by atoms with Crippen LogP contribution in [-0.2, 0) is 9.47 Å². The van der Waals surface area contributed by atoms with E-state index in [1.54, 1.807) is 0 Å². The molecule has 0 aromatic rings. The van der Waals surface area contributed by atoms with Gasteiger partial charge >= 0.3 is 0 Å². The topological polar surface area (TPSA) is 33.7 Å². The monoisotopic (exact) mass is 242 g/mol. The normalized spacial score (nSPS) is 33.5. The van der Waals surface area contributed by atoms with Gasteiger partial charge in [0.15, 0.2) is 0 Å². The Morgan fingerprint density at radius 3 is 2.94 bits per heavy atom. The maximum absolute atomic E-state index is 5.96. The molecule has 3 unspecified atom stereocenters. The molecule has 2 rings (SSSR count).